The van der Waals surface area contributed by atoms with Gasteiger partial charge in [0.1, 0.15) is 5.82 Å². The molecule has 0 radical (unpaired) electrons. The number of hydrogen-bond acceptors (Lipinski definition) is 3. The Labute approximate surface area is 155 Å². The smallest absolute Gasteiger partial charge is 0.191 e. The third-order valence-corrected chi connectivity index (χ3v) is 4.36. The second-order valence-electron chi connectivity index (χ2n) is 5.17. The number of ether oxygens (including phenoxy) is 2. The lowest BCUT2D eigenvalue weighted by Gasteiger charge is -2.15. The Bertz CT molecular complexity index is 753. The van der Waals surface area contributed by atoms with E-state index < -0.39 is 0 Å². The van der Waals surface area contributed by atoms with Gasteiger partial charge in [-0.25, -0.2) is 4.39 Å². The number of nitrogens with one attached hydrogen (secondary N) is 2. The van der Waals surface area contributed by atoms with Gasteiger partial charge in [0.05, 0.1) is 14.2 Å². The Morgan fingerprint density at radius 1 is 1.04 bits per heavy atom. The van der Waals surface area contributed by atoms with Gasteiger partial charge in [0.25, 0.3) is 0 Å². The van der Waals surface area contributed by atoms with Crippen molar-refractivity contribution in [3.05, 3.63) is 57.8 Å². The van der Waals surface area contributed by atoms with E-state index in [1.54, 1.807) is 39.5 Å². The van der Waals surface area contributed by atoms with E-state index in [2.05, 4.69) is 31.6 Å². The van der Waals surface area contributed by atoms with Crippen molar-refractivity contribution in [3.63, 3.8) is 0 Å². The highest BCUT2D eigenvalue weighted by atomic mass is 79.9. The molecule has 0 aromatic heterocycles. The molecule has 0 heterocycles. The topological polar surface area (TPSA) is 54.9 Å². The van der Waals surface area contributed by atoms with Crippen molar-refractivity contribution in [1.29, 1.82) is 0 Å². The maximum Gasteiger partial charge on any atom is 0.191 e. The van der Waals surface area contributed by atoms with E-state index in [1.807, 2.05) is 12.1 Å². The molecule has 0 saturated heterocycles. The molecular formula is C18H21BrFN3O2. The zero-order valence-corrected chi connectivity index (χ0v) is 16.0. The predicted octanol–water partition coefficient (Wildman–Crippen LogP) is 3.47. The molecule has 2 N–H and O–H groups in total. The highest BCUT2D eigenvalue weighted by Gasteiger charge is 2.10. The molecule has 25 heavy (non-hydrogen) atoms. The molecule has 0 aliphatic heterocycles. The summed E-state index contributed by atoms with van der Waals surface area (Å²) < 4.78 is 25.2. The van der Waals surface area contributed by atoms with Gasteiger partial charge in [-0.3, -0.25) is 4.99 Å². The summed E-state index contributed by atoms with van der Waals surface area (Å²) in [6.45, 7) is 0.858. The molecule has 2 aromatic carbocycles. The minimum Gasteiger partial charge on any atom is -0.493 e. The van der Waals surface area contributed by atoms with Gasteiger partial charge in [-0.05, 0) is 23.8 Å². The van der Waals surface area contributed by atoms with Gasteiger partial charge in [0, 0.05) is 30.2 Å². The minimum absolute atomic E-state index is 0.243. The van der Waals surface area contributed by atoms with Gasteiger partial charge in [-0.15, -0.1) is 0 Å². The van der Waals surface area contributed by atoms with Crippen LogP contribution in [0.1, 0.15) is 11.1 Å². The Morgan fingerprint density at radius 2 is 1.64 bits per heavy atom. The van der Waals surface area contributed by atoms with Gasteiger partial charge < -0.3 is 20.1 Å². The fraction of sp³-hybridized carbons (Fsp3) is 0.278. The highest BCUT2D eigenvalue weighted by Crippen LogP contribution is 2.33. The van der Waals surface area contributed by atoms with Crippen molar-refractivity contribution in [1.82, 2.24) is 10.6 Å². The van der Waals surface area contributed by atoms with Gasteiger partial charge >= 0.3 is 0 Å². The normalized spacial score (nSPS) is 11.2. The van der Waals surface area contributed by atoms with Crippen LogP contribution in [0.3, 0.4) is 0 Å². The monoisotopic (exact) mass is 409 g/mol. The molecule has 2 rings (SSSR count). The summed E-state index contributed by atoms with van der Waals surface area (Å²) >= 11 is 3.52. The second kappa shape index (κ2) is 9.27. The number of guanidine groups is 1. The van der Waals surface area contributed by atoms with E-state index in [-0.39, 0.29) is 5.82 Å². The van der Waals surface area contributed by atoms with Crippen LogP contribution >= 0.6 is 15.9 Å². The molecule has 0 aliphatic carbocycles. The lowest BCUT2D eigenvalue weighted by molar-refractivity contribution is 0.354. The fourth-order valence-electron chi connectivity index (χ4n) is 2.25. The molecule has 0 aliphatic rings. The van der Waals surface area contributed by atoms with Gasteiger partial charge in [0.2, 0.25) is 0 Å². The molecule has 0 spiro atoms. The van der Waals surface area contributed by atoms with Gasteiger partial charge in [-0.2, -0.15) is 0 Å². The molecule has 0 bridgehead atoms. The van der Waals surface area contributed by atoms with E-state index in [9.17, 15) is 4.39 Å². The van der Waals surface area contributed by atoms with Crippen LogP contribution in [-0.4, -0.2) is 27.2 Å². The lowest BCUT2D eigenvalue weighted by atomic mass is 10.2. The number of rotatable bonds is 6. The van der Waals surface area contributed by atoms with Crippen LogP contribution in [0, 0.1) is 5.82 Å². The van der Waals surface area contributed by atoms with Crippen molar-refractivity contribution in [2.45, 2.75) is 13.1 Å². The van der Waals surface area contributed by atoms with Crippen molar-refractivity contribution in [2.75, 3.05) is 21.3 Å². The lowest BCUT2D eigenvalue weighted by Crippen LogP contribution is -2.36. The molecule has 7 heteroatoms. The molecule has 2 aromatic rings. The van der Waals surface area contributed by atoms with Crippen LogP contribution in [-0.2, 0) is 13.1 Å². The molecule has 0 saturated carbocycles. The van der Waals surface area contributed by atoms with E-state index >= 15 is 0 Å². The largest absolute Gasteiger partial charge is 0.493 e. The molecule has 0 amide bonds. The zero-order valence-electron chi connectivity index (χ0n) is 14.4. The van der Waals surface area contributed by atoms with Crippen molar-refractivity contribution in [2.24, 2.45) is 4.99 Å². The Morgan fingerprint density at radius 3 is 2.24 bits per heavy atom. The van der Waals surface area contributed by atoms with Crippen molar-refractivity contribution >= 4 is 21.9 Å². The first-order valence-electron chi connectivity index (χ1n) is 7.67. The third kappa shape index (κ3) is 5.09. The highest BCUT2D eigenvalue weighted by molar-refractivity contribution is 9.10. The second-order valence-corrected chi connectivity index (χ2v) is 6.02. The van der Waals surface area contributed by atoms with Gasteiger partial charge in [-0.1, -0.05) is 34.1 Å². The average molecular weight is 410 g/mol. The third-order valence-electron chi connectivity index (χ3n) is 3.63. The zero-order chi connectivity index (χ0) is 18.2. The number of nitrogens with zero attached hydrogens (tertiary/aromatic N) is 1. The van der Waals surface area contributed by atoms with Crippen molar-refractivity contribution < 1.29 is 13.9 Å². The number of benzene rings is 2. The number of halogens is 2. The Hall–Kier alpha value is -2.28. The summed E-state index contributed by atoms with van der Waals surface area (Å²) in [4.78, 5) is 4.15. The summed E-state index contributed by atoms with van der Waals surface area (Å²) in [6.07, 6.45) is 0. The minimum atomic E-state index is -0.243. The van der Waals surface area contributed by atoms with Crippen LogP contribution in [0.5, 0.6) is 11.5 Å². The summed E-state index contributed by atoms with van der Waals surface area (Å²) in [7, 11) is 4.86. The Balaban J connectivity index is 2.00. The van der Waals surface area contributed by atoms with Crippen LogP contribution < -0.4 is 20.1 Å². The van der Waals surface area contributed by atoms with Gasteiger partial charge in [0.15, 0.2) is 17.5 Å². The first-order chi connectivity index (χ1) is 12.1. The molecule has 0 unspecified atom stereocenters. The van der Waals surface area contributed by atoms with E-state index in [4.69, 9.17) is 9.47 Å². The predicted molar refractivity (Wildman–Crippen MR) is 101 cm³/mol. The molecular weight excluding hydrogens is 389 g/mol. The summed E-state index contributed by atoms with van der Waals surface area (Å²) in [5.74, 6) is 1.63. The quantitative estimate of drug-likeness (QED) is 0.566. The summed E-state index contributed by atoms with van der Waals surface area (Å²) in [5, 5.41) is 6.29. The average Bonchev–Trinajstić information content (AvgIpc) is 2.63. The van der Waals surface area contributed by atoms with Crippen LogP contribution in [0.15, 0.2) is 45.9 Å². The van der Waals surface area contributed by atoms with E-state index in [0.717, 1.165) is 10.0 Å². The van der Waals surface area contributed by atoms with Crippen LogP contribution in [0.4, 0.5) is 4.39 Å². The maximum atomic E-state index is 13.7. The summed E-state index contributed by atoms with van der Waals surface area (Å²) in [5.41, 5.74) is 1.56. The SMILES string of the molecule is CN=C(NCc1ccccc1F)NCc1cc(OC)c(OC)cc1Br. The van der Waals surface area contributed by atoms with E-state index in [1.165, 1.54) is 6.07 Å². The molecule has 5 nitrogen and oxygen atoms in total. The number of aliphatic imine (C=N–C) groups is 1. The Kier molecular flexibility index (Phi) is 7.06. The first kappa shape index (κ1) is 19.1. The van der Waals surface area contributed by atoms with Crippen molar-refractivity contribution in [3.8, 4) is 11.5 Å². The molecule has 0 atom stereocenters. The van der Waals surface area contributed by atoms with Crippen LogP contribution in [0.25, 0.3) is 0 Å². The molecule has 134 valence electrons. The molecule has 0 fully saturated rings. The first-order valence-corrected chi connectivity index (χ1v) is 8.46. The van der Waals surface area contributed by atoms with Crippen LogP contribution in [0.2, 0.25) is 0 Å². The maximum absolute atomic E-state index is 13.7. The number of methoxy groups -OCH3 is 2. The fourth-order valence-corrected chi connectivity index (χ4v) is 2.71. The number of hydrogen-bond donors (Lipinski definition) is 2. The van der Waals surface area contributed by atoms with E-state index in [0.29, 0.717) is 36.1 Å². The summed E-state index contributed by atoms with van der Waals surface area (Å²) in [6, 6.07) is 10.4. The standard InChI is InChI=1S/C18H21BrFN3O2/c1-21-18(22-10-12-6-4-5-7-15(12)20)23-11-13-8-16(24-2)17(25-3)9-14(13)19/h4-9H,10-11H2,1-3H3,(H2,21,22,23).